The quantitative estimate of drug-likeness (QED) is 0.239. The second kappa shape index (κ2) is 17.2. The molecule has 6 nitrogen and oxygen atoms in total. The Morgan fingerprint density at radius 2 is 1.68 bits per heavy atom. The molecule has 2 atom stereocenters. The summed E-state index contributed by atoms with van der Waals surface area (Å²) >= 11 is 0. The predicted octanol–water partition coefficient (Wildman–Crippen LogP) is 4.89. The lowest BCUT2D eigenvalue weighted by Gasteiger charge is -2.28. The second-order valence-corrected chi connectivity index (χ2v) is 10.7. The number of halogens is 1. The molecular formula is C31H51FN4O2. The van der Waals surface area contributed by atoms with E-state index in [1.165, 1.54) is 76.0 Å². The first-order valence-corrected chi connectivity index (χ1v) is 14.9. The summed E-state index contributed by atoms with van der Waals surface area (Å²) in [7, 11) is 0. The summed E-state index contributed by atoms with van der Waals surface area (Å²) in [5, 5.41) is 8.89. The summed E-state index contributed by atoms with van der Waals surface area (Å²) in [6, 6.07) is 8.16. The van der Waals surface area contributed by atoms with Crippen LogP contribution in [-0.4, -0.2) is 76.8 Å². The summed E-state index contributed by atoms with van der Waals surface area (Å²) < 4.78 is 15.9. The lowest BCUT2D eigenvalue weighted by atomic mass is 10.1. The summed E-state index contributed by atoms with van der Waals surface area (Å²) in [6.45, 7) is 15.7. The average molecular weight is 531 g/mol. The molecular weight excluding hydrogens is 479 g/mol. The smallest absolute Gasteiger partial charge is 0.247 e. The summed E-state index contributed by atoms with van der Waals surface area (Å²) in [5.74, 6) is 1.64. The van der Waals surface area contributed by atoms with Gasteiger partial charge in [-0.25, -0.2) is 4.39 Å². The van der Waals surface area contributed by atoms with Crippen LogP contribution < -0.4 is 5.11 Å². The Morgan fingerprint density at radius 1 is 1.00 bits per heavy atom. The number of amidine groups is 2. The van der Waals surface area contributed by atoms with Crippen LogP contribution in [0, 0.1) is 5.82 Å². The molecule has 0 aliphatic carbocycles. The van der Waals surface area contributed by atoms with Crippen molar-refractivity contribution >= 4 is 17.6 Å². The number of carboxylic acids is 1. The third-order valence-corrected chi connectivity index (χ3v) is 7.44. The standard InChI is InChI=1S/C29H48FN4.C2H4O2/c1-5-8-20-33-24(4)23-32(29(33)12-7-3)19-10-9-13-27-22-31-28(11-6-2)34(27)21-18-25-14-16-26(30)17-15-25;1-2(3)4/h14-17,24,27H,5-13,18-23H2,1-4H3;1H3,(H,3,4)/q+1;/p-1/t24-,27-;/m0./s1. The van der Waals surface area contributed by atoms with Gasteiger partial charge in [-0.05, 0) is 76.5 Å². The first-order valence-electron chi connectivity index (χ1n) is 14.9. The third-order valence-electron chi connectivity index (χ3n) is 7.44. The number of hydrogen-bond acceptors (Lipinski definition) is 5. The lowest BCUT2D eigenvalue weighted by molar-refractivity contribution is -0.522. The van der Waals surface area contributed by atoms with E-state index in [4.69, 9.17) is 14.9 Å². The Balaban J connectivity index is 0.00000118. The Kier molecular flexibility index (Phi) is 14.4. The molecule has 0 aromatic heterocycles. The molecule has 0 saturated carbocycles. The highest BCUT2D eigenvalue weighted by molar-refractivity contribution is 5.84. The monoisotopic (exact) mass is 530 g/mol. The second-order valence-electron chi connectivity index (χ2n) is 10.7. The number of rotatable bonds is 15. The normalized spacial score (nSPS) is 19.1. The van der Waals surface area contributed by atoms with Crippen LogP contribution in [0.3, 0.4) is 0 Å². The van der Waals surface area contributed by atoms with Crippen molar-refractivity contribution in [2.75, 3.05) is 32.7 Å². The Morgan fingerprint density at radius 3 is 2.32 bits per heavy atom. The maximum Gasteiger partial charge on any atom is 0.247 e. The minimum Gasteiger partial charge on any atom is -0.550 e. The molecule has 0 spiro atoms. The molecule has 1 aromatic rings. The maximum atomic E-state index is 13.3. The largest absolute Gasteiger partial charge is 0.550 e. The molecule has 0 unspecified atom stereocenters. The van der Waals surface area contributed by atoms with Crippen molar-refractivity contribution in [3.05, 3.63) is 35.6 Å². The molecule has 0 bridgehead atoms. The number of unbranched alkanes of at least 4 members (excludes halogenated alkanes) is 2. The van der Waals surface area contributed by atoms with Gasteiger partial charge in [0.25, 0.3) is 0 Å². The Bertz CT molecular complexity index is 896. The van der Waals surface area contributed by atoms with E-state index in [1.54, 1.807) is 18.0 Å². The molecule has 2 heterocycles. The maximum absolute atomic E-state index is 13.3. The van der Waals surface area contributed by atoms with E-state index < -0.39 is 5.97 Å². The van der Waals surface area contributed by atoms with E-state index in [2.05, 4.69) is 42.1 Å². The van der Waals surface area contributed by atoms with Crippen LogP contribution in [0.4, 0.5) is 4.39 Å². The average Bonchev–Trinajstić information content (AvgIpc) is 3.39. The van der Waals surface area contributed by atoms with Gasteiger partial charge in [0.2, 0.25) is 5.84 Å². The number of benzene rings is 1. The molecule has 7 heteroatoms. The van der Waals surface area contributed by atoms with Crippen LogP contribution in [0.5, 0.6) is 0 Å². The summed E-state index contributed by atoms with van der Waals surface area (Å²) in [6.07, 6.45) is 11.9. The number of carboxylic acid groups (broad SMARTS) is 1. The van der Waals surface area contributed by atoms with Crippen LogP contribution in [0.15, 0.2) is 29.3 Å². The van der Waals surface area contributed by atoms with Crippen LogP contribution in [0.2, 0.25) is 0 Å². The van der Waals surface area contributed by atoms with E-state index in [9.17, 15) is 4.39 Å². The summed E-state index contributed by atoms with van der Waals surface area (Å²) in [5.41, 5.74) is 1.21. The highest BCUT2D eigenvalue weighted by atomic mass is 19.1. The van der Waals surface area contributed by atoms with Gasteiger partial charge in [-0.15, -0.1) is 0 Å². The van der Waals surface area contributed by atoms with Gasteiger partial charge in [0.05, 0.1) is 25.5 Å². The molecule has 38 heavy (non-hydrogen) atoms. The van der Waals surface area contributed by atoms with E-state index in [0.717, 1.165) is 39.3 Å². The topological polar surface area (TPSA) is 62.0 Å². The van der Waals surface area contributed by atoms with Gasteiger partial charge in [-0.3, -0.25) is 14.5 Å². The first-order chi connectivity index (χ1) is 18.3. The highest BCUT2D eigenvalue weighted by Gasteiger charge is 2.35. The molecule has 2 aliphatic heterocycles. The molecule has 0 radical (unpaired) electrons. The fourth-order valence-electron chi connectivity index (χ4n) is 5.58. The number of carbonyl (C=O) groups is 1. The van der Waals surface area contributed by atoms with Crippen LogP contribution in [0.25, 0.3) is 0 Å². The minimum atomic E-state index is -1.08. The van der Waals surface area contributed by atoms with E-state index in [0.29, 0.717) is 12.1 Å². The van der Waals surface area contributed by atoms with Crippen molar-refractivity contribution in [1.82, 2.24) is 9.80 Å². The molecule has 0 amide bonds. The summed E-state index contributed by atoms with van der Waals surface area (Å²) in [4.78, 5) is 19.1. The van der Waals surface area contributed by atoms with Crippen LogP contribution in [-0.2, 0) is 11.2 Å². The van der Waals surface area contributed by atoms with E-state index in [1.807, 2.05) is 12.1 Å². The fourth-order valence-corrected chi connectivity index (χ4v) is 5.58. The van der Waals surface area contributed by atoms with Crippen LogP contribution in [0.1, 0.15) is 98.0 Å². The van der Waals surface area contributed by atoms with Crippen molar-refractivity contribution < 1.29 is 18.9 Å². The minimum absolute atomic E-state index is 0.156. The van der Waals surface area contributed by atoms with Crippen molar-refractivity contribution in [1.29, 1.82) is 0 Å². The molecule has 214 valence electrons. The Hall–Kier alpha value is -2.44. The third kappa shape index (κ3) is 10.4. The highest BCUT2D eigenvalue weighted by Crippen LogP contribution is 2.21. The van der Waals surface area contributed by atoms with Gasteiger partial charge >= 0.3 is 0 Å². The van der Waals surface area contributed by atoms with Gasteiger partial charge in [0.15, 0.2) is 0 Å². The zero-order valence-corrected chi connectivity index (χ0v) is 24.6. The number of hydrogen-bond donors (Lipinski definition) is 0. The molecule has 0 N–H and O–H groups in total. The van der Waals surface area contributed by atoms with Crippen LogP contribution >= 0.6 is 0 Å². The van der Waals surface area contributed by atoms with Gasteiger partial charge in [-0.1, -0.05) is 39.3 Å². The first kappa shape index (κ1) is 31.8. The molecule has 2 aliphatic rings. The zero-order valence-electron chi connectivity index (χ0n) is 24.6. The lowest BCUT2D eigenvalue weighted by Crippen LogP contribution is -2.38. The fraction of sp³-hybridized carbons (Fsp3) is 0.710. The van der Waals surface area contributed by atoms with Gasteiger partial charge in [0, 0.05) is 31.4 Å². The molecule has 0 fully saturated rings. The van der Waals surface area contributed by atoms with E-state index >= 15 is 0 Å². The van der Waals surface area contributed by atoms with Gasteiger partial charge in [-0.2, -0.15) is 0 Å². The molecule has 1 aromatic carbocycles. The van der Waals surface area contributed by atoms with E-state index in [-0.39, 0.29) is 5.82 Å². The van der Waals surface area contributed by atoms with Gasteiger partial charge < -0.3 is 14.8 Å². The number of nitrogens with zero attached hydrogens (tertiary/aromatic N) is 4. The van der Waals surface area contributed by atoms with Crippen molar-refractivity contribution in [3.8, 4) is 0 Å². The SMILES string of the molecule is CC(=O)[O-].CCCCN1C(CCC)=[N+](CCCC[C@H]2CN=C(CCC)N2CCc2ccc(F)cc2)C[C@@H]1C. The van der Waals surface area contributed by atoms with Gasteiger partial charge in [0.1, 0.15) is 18.4 Å². The Labute approximate surface area is 230 Å². The number of aliphatic carboxylic acids is 1. The predicted molar refractivity (Wildman–Crippen MR) is 153 cm³/mol. The molecule has 3 rings (SSSR count). The van der Waals surface area contributed by atoms with Crippen molar-refractivity contribution in [3.63, 3.8) is 0 Å². The van der Waals surface area contributed by atoms with Crippen molar-refractivity contribution in [2.24, 2.45) is 4.99 Å². The zero-order chi connectivity index (χ0) is 27.9. The molecule has 0 saturated heterocycles. The van der Waals surface area contributed by atoms with Crippen molar-refractivity contribution in [2.45, 2.75) is 111 Å². The number of carbonyl (C=O) groups excluding carboxylic acids is 1. The number of aliphatic imine (C=N–C) groups is 1.